The van der Waals surface area contributed by atoms with E-state index in [9.17, 15) is 0 Å². The Morgan fingerprint density at radius 3 is 2.50 bits per heavy atom. The lowest BCUT2D eigenvalue weighted by Crippen LogP contribution is -2.08. The maximum atomic E-state index is 5.71. The molecule has 0 spiro atoms. The summed E-state index contributed by atoms with van der Waals surface area (Å²) in [6, 6.07) is 4.07. The molecule has 16 heavy (non-hydrogen) atoms. The van der Waals surface area contributed by atoms with Gasteiger partial charge in [-0.15, -0.1) is 0 Å². The van der Waals surface area contributed by atoms with Gasteiger partial charge < -0.3 is 5.73 Å². The maximum absolute atomic E-state index is 5.71. The fourth-order valence-corrected chi connectivity index (χ4v) is 1.80. The topological polar surface area (TPSA) is 56.7 Å². The van der Waals surface area contributed by atoms with Crippen molar-refractivity contribution in [1.29, 1.82) is 0 Å². The largest absolute Gasteiger partial charge is 0.326 e. The first kappa shape index (κ1) is 10.8. The molecule has 0 atom stereocenters. The smallest absolute Gasteiger partial charge is 0.0727 e. The highest BCUT2D eigenvalue weighted by molar-refractivity contribution is 5.41. The molecule has 0 radical (unpaired) electrons. The summed E-state index contributed by atoms with van der Waals surface area (Å²) in [5.41, 5.74) is 10.8. The number of hydrogen-bond donors (Lipinski definition) is 1. The van der Waals surface area contributed by atoms with Gasteiger partial charge in [0.15, 0.2) is 0 Å². The predicted octanol–water partition coefficient (Wildman–Crippen LogP) is 1.65. The SMILES string of the molecule is Cc1cc(-n2nc(C)cc2C)c(CN)cn1. The monoisotopic (exact) mass is 216 g/mol. The molecule has 0 aromatic carbocycles. The summed E-state index contributed by atoms with van der Waals surface area (Å²) in [7, 11) is 0. The van der Waals surface area contributed by atoms with Crippen molar-refractivity contribution in [3.8, 4) is 5.69 Å². The van der Waals surface area contributed by atoms with E-state index in [0.717, 1.165) is 28.3 Å². The van der Waals surface area contributed by atoms with Crippen LogP contribution in [0.15, 0.2) is 18.3 Å². The second-order valence-electron chi connectivity index (χ2n) is 4.00. The van der Waals surface area contributed by atoms with Gasteiger partial charge in [-0.1, -0.05) is 0 Å². The van der Waals surface area contributed by atoms with E-state index < -0.39 is 0 Å². The molecule has 0 fully saturated rings. The Morgan fingerprint density at radius 1 is 1.19 bits per heavy atom. The molecule has 4 nitrogen and oxygen atoms in total. The van der Waals surface area contributed by atoms with Crippen LogP contribution in [0.1, 0.15) is 22.6 Å². The molecule has 2 aromatic heterocycles. The highest BCUT2D eigenvalue weighted by atomic mass is 15.3. The molecule has 2 aromatic rings. The molecule has 0 unspecified atom stereocenters. The molecule has 4 heteroatoms. The lowest BCUT2D eigenvalue weighted by atomic mass is 10.2. The van der Waals surface area contributed by atoms with Gasteiger partial charge in [0.25, 0.3) is 0 Å². The van der Waals surface area contributed by atoms with Gasteiger partial charge in [0.05, 0.1) is 11.4 Å². The molecule has 0 aliphatic rings. The number of nitrogens with zero attached hydrogens (tertiary/aromatic N) is 3. The van der Waals surface area contributed by atoms with Crippen LogP contribution in [0, 0.1) is 20.8 Å². The summed E-state index contributed by atoms with van der Waals surface area (Å²) in [6.45, 7) is 6.46. The highest BCUT2D eigenvalue weighted by Gasteiger charge is 2.08. The van der Waals surface area contributed by atoms with Crippen molar-refractivity contribution in [1.82, 2.24) is 14.8 Å². The van der Waals surface area contributed by atoms with Crippen LogP contribution >= 0.6 is 0 Å². The maximum Gasteiger partial charge on any atom is 0.0727 e. The van der Waals surface area contributed by atoms with E-state index >= 15 is 0 Å². The zero-order valence-electron chi connectivity index (χ0n) is 9.86. The van der Waals surface area contributed by atoms with Crippen molar-refractivity contribution >= 4 is 0 Å². The molecule has 2 N–H and O–H groups in total. The molecule has 2 heterocycles. The quantitative estimate of drug-likeness (QED) is 0.830. The van der Waals surface area contributed by atoms with Gasteiger partial charge >= 0.3 is 0 Å². The van der Waals surface area contributed by atoms with Gasteiger partial charge in [-0.3, -0.25) is 4.98 Å². The molecule has 0 saturated heterocycles. The number of aromatic nitrogens is 3. The number of hydrogen-bond acceptors (Lipinski definition) is 3. The van der Waals surface area contributed by atoms with E-state index in [1.807, 2.05) is 37.7 Å². The lowest BCUT2D eigenvalue weighted by Gasteiger charge is -2.10. The first-order valence-corrected chi connectivity index (χ1v) is 5.31. The fourth-order valence-electron chi connectivity index (χ4n) is 1.80. The number of pyridine rings is 1. The molecule has 0 bridgehead atoms. The Labute approximate surface area is 95.1 Å². The van der Waals surface area contributed by atoms with Gasteiger partial charge in [0, 0.05) is 29.7 Å². The van der Waals surface area contributed by atoms with Gasteiger partial charge in [-0.25, -0.2) is 4.68 Å². The molecule has 0 aliphatic carbocycles. The van der Waals surface area contributed by atoms with E-state index in [-0.39, 0.29) is 0 Å². The minimum Gasteiger partial charge on any atom is -0.326 e. The Bertz CT molecular complexity index is 514. The zero-order chi connectivity index (χ0) is 11.7. The average molecular weight is 216 g/mol. The van der Waals surface area contributed by atoms with Crippen LogP contribution in [-0.4, -0.2) is 14.8 Å². The number of aryl methyl sites for hydroxylation is 3. The van der Waals surface area contributed by atoms with Crippen molar-refractivity contribution in [2.45, 2.75) is 27.3 Å². The predicted molar refractivity (Wildman–Crippen MR) is 63.5 cm³/mol. The summed E-state index contributed by atoms with van der Waals surface area (Å²) in [5.74, 6) is 0. The van der Waals surface area contributed by atoms with E-state index in [4.69, 9.17) is 5.73 Å². The molecular formula is C12H16N4. The van der Waals surface area contributed by atoms with Gasteiger partial charge in [-0.05, 0) is 32.9 Å². The van der Waals surface area contributed by atoms with Crippen LogP contribution in [0.4, 0.5) is 0 Å². The average Bonchev–Trinajstić information content (AvgIpc) is 2.57. The summed E-state index contributed by atoms with van der Waals surface area (Å²) < 4.78 is 1.92. The van der Waals surface area contributed by atoms with Crippen LogP contribution < -0.4 is 5.73 Å². The van der Waals surface area contributed by atoms with Gasteiger partial charge in [0.1, 0.15) is 0 Å². The van der Waals surface area contributed by atoms with Crippen LogP contribution in [0.5, 0.6) is 0 Å². The van der Waals surface area contributed by atoms with Crippen molar-refractivity contribution < 1.29 is 0 Å². The van der Waals surface area contributed by atoms with Crippen molar-refractivity contribution in [2.24, 2.45) is 5.73 Å². The van der Waals surface area contributed by atoms with Crippen LogP contribution in [0.25, 0.3) is 5.69 Å². The summed E-state index contributed by atoms with van der Waals surface area (Å²) in [5, 5.41) is 4.46. The molecule has 0 aliphatic heterocycles. The number of nitrogens with two attached hydrogens (primary N) is 1. The van der Waals surface area contributed by atoms with E-state index in [1.165, 1.54) is 0 Å². The van der Waals surface area contributed by atoms with Gasteiger partial charge in [0.2, 0.25) is 0 Å². The lowest BCUT2D eigenvalue weighted by molar-refractivity contribution is 0.811. The molecule has 0 saturated carbocycles. The molecule has 2 rings (SSSR count). The molecule has 0 amide bonds. The van der Waals surface area contributed by atoms with E-state index in [2.05, 4.69) is 16.1 Å². The van der Waals surface area contributed by atoms with Crippen LogP contribution in [0.3, 0.4) is 0 Å². The minimum atomic E-state index is 0.473. The first-order chi connectivity index (χ1) is 7.61. The van der Waals surface area contributed by atoms with Crippen LogP contribution in [0.2, 0.25) is 0 Å². The van der Waals surface area contributed by atoms with Crippen LogP contribution in [-0.2, 0) is 6.54 Å². The van der Waals surface area contributed by atoms with Crippen molar-refractivity contribution in [2.75, 3.05) is 0 Å². The summed E-state index contributed by atoms with van der Waals surface area (Å²) >= 11 is 0. The van der Waals surface area contributed by atoms with Gasteiger partial charge in [-0.2, -0.15) is 5.10 Å². The second-order valence-corrected chi connectivity index (χ2v) is 4.00. The third kappa shape index (κ3) is 1.84. The van der Waals surface area contributed by atoms with E-state index in [1.54, 1.807) is 0 Å². The standard InChI is InChI=1S/C12H16N4/c1-8-5-12(11(6-13)7-14-8)16-10(3)4-9(2)15-16/h4-5,7H,6,13H2,1-3H3. The zero-order valence-corrected chi connectivity index (χ0v) is 9.86. The Balaban J connectivity index is 2.62. The third-order valence-electron chi connectivity index (χ3n) is 2.56. The Hall–Kier alpha value is -1.68. The Kier molecular flexibility index (Phi) is 2.75. The normalized spacial score (nSPS) is 10.8. The molecule has 84 valence electrons. The minimum absolute atomic E-state index is 0.473. The summed E-state index contributed by atoms with van der Waals surface area (Å²) in [6.07, 6.45) is 1.82. The molecular weight excluding hydrogens is 200 g/mol. The fraction of sp³-hybridized carbons (Fsp3) is 0.333. The first-order valence-electron chi connectivity index (χ1n) is 5.31. The Morgan fingerprint density at radius 2 is 1.94 bits per heavy atom. The van der Waals surface area contributed by atoms with Crippen molar-refractivity contribution in [3.63, 3.8) is 0 Å². The third-order valence-corrected chi connectivity index (χ3v) is 2.56. The number of rotatable bonds is 2. The highest BCUT2D eigenvalue weighted by Crippen LogP contribution is 2.16. The summed E-state index contributed by atoms with van der Waals surface area (Å²) in [4.78, 5) is 4.25. The second kappa shape index (κ2) is 4.06. The van der Waals surface area contributed by atoms with E-state index in [0.29, 0.717) is 6.54 Å². The van der Waals surface area contributed by atoms with Crippen molar-refractivity contribution in [3.05, 3.63) is 41.0 Å².